The fraction of sp³-hybridized carbons (Fsp3) is 0.750. The van der Waals surface area contributed by atoms with Crippen LogP contribution in [0.2, 0.25) is 0 Å². The second kappa shape index (κ2) is 5.16. The van der Waals surface area contributed by atoms with Gasteiger partial charge in [-0.2, -0.15) is 5.10 Å². The smallest absolute Gasteiger partial charge is 0.334 e. The van der Waals surface area contributed by atoms with Gasteiger partial charge in [-0.1, -0.05) is 13.8 Å². The molecule has 1 saturated heterocycles. The Balaban J connectivity index is 2.46. The molecule has 0 aliphatic carbocycles. The lowest BCUT2D eigenvalue weighted by molar-refractivity contribution is -0.385. The van der Waals surface area contributed by atoms with Crippen molar-refractivity contribution in [2.24, 2.45) is 7.05 Å². The van der Waals surface area contributed by atoms with Gasteiger partial charge in [0.05, 0.1) is 4.92 Å². The Morgan fingerprint density at radius 3 is 2.74 bits per heavy atom. The number of rotatable bonds is 3. The van der Waals surface area contributed by atoms with Crippen LogP contribution in [0.5, 0.6) is 0 Å². The number of piperazine rings is 1. The Bertz CT molecular complexity index is 483. The normalized spacial score (nSPS) is 20.1. The maximum Gasteiger partial charge on any atom is 0.334 e. The van der Waals surface area contributed by atoms with Crippen LogP contribution in [0.4, 0.5) is 11.5 Å². The molecular weight excluding hydrogens is 246 g/mol. The lowest BCUT2D eigenvalue weighted by Crippen LogP contribution is -2.50. The molecule has 0 aromatic carbocycles. The van der Waals surface area contributed by atoms with E-state index in [-0.39, 0.29) is 16.5 Å². The van der Waals surface area contributed by atoms with Crippen molar-refractivity contribution in [1.82, 2.24) is 15.1 Å². The predicted molar refractivity (Wildman–Crippen MR) is 73.6 cm³/mol. The zero-order valence-electron chi connectivity index (χ0n) is 11.9. The molecule has 0 spiro atoms. The summed E-state index contributed by atoms with van der Waals surface area (Å²) in [5.74, 6) is 0.669. The third-order valence-electron chi connectivity index (χ3n) is 3.42. The third kappa shape index (κ3) is 2.56. The first-order chi connectivity index (χ1) is 8.91. The Hall–Kier alpha value is -1.63. The summed E-state index contributed by atoms with van der Waals surface area (Å²) < 4.78 is 1.64. The van der Waals surface area contributed by atoms with Gasteiger partial charge >= 0.3 is 5.69 Å². The fourth-order valence-electron chi connectivity index (χ4n) is 2.57. The van der Waals surface area contributed by atoms with Crippen LogP contribution in [0.25, 0.3) is 0 Å². The molecule has 0 unspecified atom stereocenters. The van der Waals surface area contributed by atoms with Crippen LogP contribution >= 0.6 is 0 Å². The topological polar surface area (TPSA) is 76.2 Å². The van der Waals surface area contributed by atoms with Gasteiger partial charge in [-0.15, -0.1) is 0 Å². The molecule has 1 atom stereocenters. The summed E-state index contributed by atoms with van der Waals surface area (Å²) in [5.41, 5.74) is 0.722. The maximum absolute atomic E-state index is 11.4. The SMILES string of the molecule is CC(C)c1nn(C)c(N2CCN[C@@H](C)C2)c1[N+](=O)[O-]. The first-order valence-electron chi connectivity index (χ1n) is 6.61. The number of hydrogen-bond acceptors (Lipinski definition) is 5. The van der Waals surface area contributed by atoms with Gasteiger partial charge in [-0.05, 0) is 6.92 Å². The van der Waals surface area contributed by atoms with Crippen molar-refractivity contribution < 1.29 is 4.92 Å². The highest BCUT2D eigenvalue weighted by Crippen LogP contribution is 2.35. The van der Waals surface area contributed by atoms with Gasteiger partial charge < -0.3 is 10.2 Å². The number of aromatic nitrogens is 2. The second-order valence-electron chi connectivity index (χ2n) is 5.39. The predicted octanol–water partition coefficient (Wildman–Crippen LogP) is 1.25. The summed E-state index contributed by atoms with van der Waals surface area (Å²) >= 11 is 0. The number of anilines is 1. The first-order valence-corrected chi connectivity index (χ1v) is 6.61. The summed E-state index contributed by atoms with van der Waals surface area (Å²) in [6, 6.07) is 0.325. The van der Waals surface area contributed by atoms with Crippen LogP contribution in [0, 0.1) is 10.1 Å². The number of nitro groups is 1. The number of hydrogen-bond donors (Lipinski definition) is 1. The number of nitrogens with one attached hydrogen (secondary N) is 1. The zero-order chi connectivity index (χ0) is 14.2. The van der Waals surface area contributed by atoms with E-state index in [1.165, 1.54) is 0 Å². The average Bonchev–Trinajstić information content (AvgIpc) is 2.67. The van der Waals surface area contributed by atoms with Crippen molar-refractivity contribution in [2.75, 3.05) is 24.5 Å². The minimum atomic E-state index is -0.301. The molecule has 2 heterocycles. The van der Waals surface area contributed by atoms with E-state index in [0.29, 0.717) is 17.6 Å². The van der Waals surface area contributed by atoms with Gasteiger partial charge in [0.1, 0.15) is 5.69 Å². The quantitative estimate of drug-likeness (QED) is 0.659. The van der Waals surface area contributed by atoms with Crippen LogP contribution in [0.1, 0.15) is 32.4 Å². The molecule has 19 heavy (non-hydrogen) atoms. The minimum absolute atomic E-state index is 0.0423. The van der Waals surface area contributed by atoms with Crippen molar-refractivity contribution in [2.45, 2.75) is 32.7 Å². The van der Waals surface area contributed by atoms with Crippen LogP contribution < -0.4 is 10.2 Å². The Morgan fingerprint density at radius 1 is 1.53 bits per heavy atom. The summed E-state index contributed by atoms with van der Waals surface area (Å²) in [6.45, 7) is 8.30. The van der Waals surface area contributed by atoms with E-state index in [1.54, 1.807) is 11.7 Å². The lowest BCUT2D eigenvalue weighted by atomic mass is 10.1. The Kier molecular flexibility index (Phi) is 3.75. The van der Waals surface area contributed by atoms with Crippen LogP contribution in [-0.4, -0.2) is 40.4 Å². The molecule has 0 amide bonds. The van der Waals surface area contributed by atoms with Gasteiger partial charge in [-0.3, -0.25) is 10.1 Å². The van der Waals surface area contributed by atoms with Gasteiger partial charge in [0, 0.05) is 38.6 Å². The summed E-state index contributed by atoms with van der Waals surface area (Å²) in [7, 11) is 1.78. The highest BCUT2D eigenvalue weighted by Gasteiger charge is 2.33. The highest BCUT2D eigenvalue weighted by molar-refractivity contribution is 5.62. The molecule has 0 bridgehead atoms. The molecular formula is C12H21N5O2. The van der Waals surface area contributed by atoms with Crippen LogP contribution in [0.15, 0.2) is 0 Å². The molecule has 106 valence electrons. The lowest BCUT2D eigenvalue weighted by Gasteiger charge is -2.32. The Morgan fingerprint density at radius 2 is 2.21 bits per heavy atom. The molecule has 7 heteroatoms. The van der Waals surface area contributed by atoms with Gasteiger partial charge in [0.15, 0.2) is 0 Å². The molecule has 2 rings (SSSR count). The molecule has 1 aromatic rings. The van der Waals surface area contributed by atoms with E-state index >= 15 is 0 Å². The van der Waals surface area contributed by atoms with Gasteiger partial charge in [0.2, 0.25) is 5.82 Å². The average molecular weight is 267 g/mol. The molecule has 1 aliphatic rings. The summed E-state index contributed by atoms with van der Waals surface area (Å²) in [5, 5.41) is 19.1. The molecule has 1 aliphatic heterocycles. The van der Waals surface area contributed by atoms with E-state index in [9.17, 15) is 10.1 Å². The summed E-state index contributed by atoms with van der Waals surface area (Å²) in [6.07, 6.45) is 0. The van der Waals surface area contributed by atoms with Crippen molar-refractivity contribution in [3.63, 3.8) is 0 Å². The standard InChI is InChI=1S/C12H21N5O2/c1-8(2)10-11(17(18)19)12(15(4)14-10)16-6-5-13-9(3)7-16/h8-9,13H,5-7H2,1-4H3/t9-/m0/s1. The second-order valence-corrected chi connectivity index (χ2v) is 5.39. The van der Waals surface area contributed by atoms with Crippen LogP contribution in [-0.2, 0) is 7.05 Å². The van der Waals surface area contributed by atoms with E-state index < -0.39 is 0 Å². The van der Waals surface area contributed by atoms with E-state index in [1.807, 2.05) is 13.8 Å². The molecule has 1 N–H and O–H groups in total. The zero-order valence-corrected chi connectivity index (χ0v) is 11.9. The molecule has 7 nitrogen and oxygen atoms in total. The van der Waals surface area contributed by atoms with E-state index in [2.05, 4.69) is 22.2 Å². The summed E-state index contributed by atoms with van der Waals surface area (Å²) in [4.78, 5) is 13.1. The molecule has 0 saturated carbocycles. The van der Waals surface area contributed by atoms with Crippen molar-refractivity contribution in [1.29, 1.82) is 0 Å². The minimum Gasteiger partial charge on any atom is -0.348 e. The maximum atomic E-state index is 11.4. The highest BCUT2D eigenvalue weighted by atomic mass is 16.6. The fourth-order valence-corrected chi connectivity index (χ4v) is 2.57. The van der Waals surface area contributed by atoms with Gasteiger partial charge in [0.25, 0.3) is 0 Å². The van der Waals surface area contributed by atoms with Crippen molar-refractivity contribution >= 4 is 11.5 Å². The molecule has 1 fully saturated rings. The molecule has 1 aromatic heterocycles. The van der Waals surface area contributed by atoms with Crippen molar-refractivity contribution in [3.05, 3.63) is 15.8 Å². The van der Waals surface area contributed by atoms with Crippen molar-refractivity contribution in [3.8, 4) is 0 Å². The van der Waals surface area contributed by atoms with E-state index in [0.717, 1.165) is 19.6 Å². The first kappa shape index (κ1) is 13.8. The van der Waals surface area contributed by atoms with E-state index in [4.69, 9.17) is 0 Å². The monoisotopic (exact) mass is 267 g/mol. The third-order valence-corrected chi connectivity index (χ3v) is 3.42. The largest absolute Gasteiger partial charge is 0.348 e. The Labute approximate surface area is 112 Å². The number of nitrogens with zero attached hydrogens (tertiary/aromatic N) is 4. The number of aryl methyl sites for hydroxylation is 1. The van der Waals surface area contributed by atoms with Gasteiger partial charge in [-0.25, -0.2) is 4.68 Å². The van der Waals surface area contributed by atoms with Crippen LogP contribution in [0.3, 0.4) is 0 Å². The molecule has 0 radical (unpaired) electrons.